The zero-order valence-corrected chi connectivity index (χ0v) is 14.3. The van der Waals surface area contributed by atoms with Crippen molar-refractivity contribution in [3.8, 4) is 5.75 Å². The zero-order chi connectivity index (χ0) is 16.8. The zero-order valence-electron chi connectivity index (χ0n) is 13.5. The van der Waals surface area contributed by atoms with Gasteiger partial charge in [-0.25, -0.2) is 8.42 Å². The molecule has 6 nitrogen and oxygen atoms in total. The molecule has 0 bridgehead atoms. The Morgan fingerprint density at radius 2 is 1.91 bits per heavy atom. The first-order valence-corrected chi connectivity index (χ1v) is 8.65. The van der Waals surface area contributed by atoms with Gasteiger partial charge in [0.2, 0.25) is 15.9 Å². The highest BCUT2D eigenvalue weighted by molar-refractivity contribution is 7.89. The highest BCUT2D eigenvalue weighted by Gasteiger charge is 2.23. The normalized spacial score (nSPS) is 13.0. The first-order chi connectivity index (χ1) is 10.3. The standard InChI is InChI=1S/C15H24N2O4S/c1-5-6-12(2)16-15(18)11-17(3)22(19,20)14-9-7-13(21-4)8-10-14/h7-10,12H,5-6,11H2,1-4H3,(H,16,18)/t12-/m1/s1. The van der Waals surface area contributed by atoms with Gasteiger partial charge in [0.15, 0.2) is 0 Å². The number of nitrogens with one attached hydrogen (secondary N) is 1. The molecular weight excluding hydrogens is 304 g/mol. The van der Waals surface area contributed by atoms with Crippen LogP contribution in [0.5, 0.6) is 5.75 Å². The smallest absolute Gasteiger partial charge is 0.243 e. The molecule has 0 aliphatic rings. The van der Waals surface area contributed by atoms with Crippen molar-refractivity contribution in [2.45, 2.75) is 37.6 Å². The van der Waals surface area contributed by atoms with Crippen LogP contribution in [0.1, 0.15) is 26.7 Å². The van der Waals surface area contributed by atoms with E-state index in [4.69, 9.17) is 4.74 Å². The molecule has 0 aliphatic heterocycles. The summed E-state index contributed by atoms with van der Waals surface area (Å²) in [5, 5.41) is 2.79. The topological polar surface area (TPSA) is 75.7 Å². The van der Waals surface area contributed by atoms with Gasteiger partial charge < -0.3 is 10.1 Å². The predicted molar refractivity (Wildman–Crippen MR) is 85.3 cm³/mol. The molecule has 1 atom stereocenters. The van der Waals surface area contributed by atoms with Gasteiger partial charge in [-0.15, -0.1) is 0 Å². The van der Waals surface area contributed by atoms with Gasteiger partial charge in [0.1, 0.15) is 5.75 Å². The monoisotopic (exact) mass is 328 g/mol. The minimum atomic E-state index is -3.69. The number of rotatable bonds is 8. The third-order valence-electron chi connectivity index (χ3n) is 3.26. The molecule has 0 fully saturated rings. The lowest BCUT2D eigenvalue weighted by molar-refractivity contribution is -0.121. The Balaban J connectivity index is 2.73. The van der Waals surface area contributed by atoms with Crippen LogP contribution < -0.4 is 10.1 Å². The fraction of sp³-hybridized carbons (Fsp3) is 0.533. The van der Waals surface area contributed by atoms with E-state index in [-0.39, 0.29) is 23.4 Å². The Hall–Kier alpha value is -1.60. The van der Waals surface area contributed by atoms with Crippen molar-refractivity contribution in [1.29, 1.82) is 0 Å². The van der Waals surface area contributed by atoms with E-state index in [1.807, 2.05) is 13.8 Å². The highest BCUT2D eigenvalue weighted by atomic mass is 32.2. The van der Waals surface area contributed by atoms with E-state index in [0.29, 0.717) is 5.75 Å². The molecule has 1 amide bonds. The Kier molecular flexibility index (Phi) is 6.83. The first-order valence-electron chi connectivity index (χ1n) is 7.21. The largest absolute Gasteiger partial charge is 0.497 e. The summed E-state index contributed by atoms with van der Waals surface area (Å²) in [6.45, 7) is 3.73. The Morgan fingerprint density at radius 3 is 2.41 bits per heavy atom. The molecule has 0 saturated heterocycles. The summed E-state index contributed by atoms with van der Waals surface area (Å²) < 4.78 is 30.8. The van der Waals surface area contributed by atoms with E-state index in [1.165, 1.54) is 26.3 Å². The summed E-state index contributed by atoms with van der Waals surface area (Å²) in [5.74, 6) is 0.272. The molecular formula is C15H24N2O4S. The van der Waals surface area contributed by atoms with Crippen molar-refractivity contribution in [2.75, 3.05) is 20.7 Å². The van der Waals surface area contributed by atoms with Crippen molar-refractivity contribution in [3.63, 3.8) is 0 Å². The molecule has 1 rings (SSSR count). The Morgan fingerprint density at radius 1 is 1.32 bits per heavy atom. The molecule has 0 radical (unpaired) electrons. The lowest BCUT2D eigenvalue weighted by Gasteiger charge is -2.19. The van der Waals surface area contributed by atoms with E-state index in [2.05, 4.69) is 5.32 Å². The van der Waals surface area contributed by atoms with Crippen molar-refractivity contribution in [3.05, 3.63) is 24.3 Å². The predicted octanol–water partition coefficient (Wildman–Crippen LogP) is 1.62. The molecule has 7 heteroatoms. The maximum atomic E-state index is 12.4. The minimum Gasteiger partial charge on any atom is -0.497 e. The summed E-state index contributed by atoms with van der Waals surface area (Å²) in [7, 11) is -0.786. The summed E-state index contributed by atoms with van der Waals surface area (Å²) in [4.78, 5) is 12.0. The van der Waals surface area contributed by atoms with Gasteiger partial charge in [-0.3, -0.25) is 4.79 Å². The van der Waals surface area contributed by atoms with Crippen LogP contribution in [-0.2, 0) is 14.8 Å². The van der Waals surface area contributed by atoms with Gasteiger partial charge in [0.05, 0.1) is 18.6 Å². The molecule has 0 heterocycles. The second-order valence-electron chi connectivity index (χ2n) is 5.19. The van der Waals surface area contributed by atoms with Crippen LogP contribution in [0, 0.1) is 0 Å². The van der Waals surface area contributed by atoms with E-state index in [1.54, 1.807) is 12.1 Å². The average molecular weight is 328 g/mol. The van der Waals surface area contributed by atoms with Crippen LogP contribution in [0.3, 0.4) is 0 Å². The van der Waals surface area contributed by atoms with Gasteiger partial charge in [-0.2, -0.15) is 4.31 Å². The summed E-state index contributed by atoms with van der Waals surface area (Å²) in [6.07, 6.45) is 1.82. The molecule has 22 heavy (non-hydrogen) atoms. The van der Waals surface area contributed by atoms with Gasteiger partial charge in [0.25, 0.3) is 0 Å². The van der Waals surface area contributed by atoms with Gasteiger partial charge in [-0.05, 0) is 37.6 Å². The molecule has 0 aliphatic carbocycles. The molecule has 124 valence electrons. The number of sulfonamides is 1. The Bertz CT molecular complexity index is 584. The summed E-state index contributed by atoms with van der Waals surface area (Å²) >= 11 is 0. The number of methoxy groups -OCH3 is 1. The fourth-order valence-electron chi connectivity index (χ4n) is 2.04. The van der Waals surface area contributed by atoms with Crippen LogP contribution in [0.4, 0.5) is 0 Å². The van der Waals surface area contributed by atoms with Crippen LogP contribution in [0.25, 0.3) is 0 Å². The third kappa shape index (κ3) is 4.99. The SMILES string of the molecule is CCC[C@@H](C)NC(=O)CN(C)S(=O)(=O)c1ccc(OC)cc1. The van der Waals surface area contributed by atoms with Crippen LogP contribution >= 0.6 is 0 Å². The number of amides is 1. The third-order valence-corrected chi connectivity index (χ3v) is 5.08. The van der Waals surface area contributed by atoms with Crippen molar-refractivity contribution < 1.29 is 17.9 Å². The van der Waals surface area contributed by atoms with Crippen LogP contribution in [-0.4, -0.2) is 45.4 Å². The molecule has 0 spiro atoms. The van der Waals surface area contributed by atoms with E-state index < -0.39 is 10.0 Å². The number of carbonyl (C=O) groups is 1. The average Bonchev–Trinajstić information content (AvgIpc) is 2.47. The van der Waals surface area contributed by atoms with Crippen LogP contribution in [0.15, 0.2) is 29.2 Å². The van der Waals surface area contributed by atoms with Crippen LogP contribution in [0.2, 0.25) is 0 Å². The lowest BCUT2D eigenvalue weighted by Crippen LogP contribution is -2.41. The number of carbonyl (C=O) groups excluding carboxylic acids is 1. The molecule has 1 aromatic rings. The lowest BCUT2D eigenvalue weighted by atomic mass is 10.2. The fourth-order valence-corrected chi connectivity index (χ4v) is 3.17. The number of hydrogen-bond donors (Lipinski definition) is 1. The quantitative estimate of drug-likeness (QED) is 0.787. The van der Waals surface area contributed by atoms with E-state index in [0.717, 1.165) is 17.1 Å². The van der Waals surface area contributed by atoms with Gasteiger partial charge in [-0.1, -0.05) is 13.3 Å². The Labute approximate surface area is 132 Å². The second-order valence-corrected chi connectivity index (χ2v) is 7.24. The molecule has 0 saturated carbocycles. The maximum Gasteiger partial charge on any atom is 0.243 e. The van der Waals surface area contributed by atoms with Crippen molar-refractivity contribution in [2.24, 2.45) is 0 Å². The minimum absolute atomic E-state index is 0.0367. The number of likely N-dealkylation sites (N-methyl/N-ethyl adjacent to an activating group) is 1. The van der Waals surface area contributed by atoms with Crippen molar-refractivity contribution in [1.82, 2.24) is 9.62 Å². The van der Waals surface area contributed by atoms with Gasteiger partial charge >= 0.3 is 0 Å². The molecule has 1 aromatic carbocycles. The molecule has 1 N–H and O–H groups in total. The number of hydrogen-bond acceptors (Lipinski definition) is 4. The van der Waals surface area contributed by atoms with Gasteiger partial charge in [0, 0.05) is 13.1 Å². The second kappa shape index (κ2) is 8.14. The van der Waals surface area contributed by atoms with Crippen molar-refractivity contribution >= 4 is 15.9 Å². The summed E-state index contributed by atoms with van der Waals surface area (Å²) in [6, 6.07) is 6.10. The molecule has 0 unspecified atom stereocenters. The number of nitrogens with zero attached hydrogens (tertiary/aromatic N) is 1. The number of ether oxygens (including phenoxy) is 1. The first kappa shape index (κ1) is 18.4. The van der Waals surface area contributed by atoms with E-state index in [9.17, 15) is 13.2 Å². The maximum absolute atomic E-state index is 12.4. The number of benzene rings is 1. The summed E-state index contributed by atoms with van der Waals surface area (Å²) in [5.41, 5.74) is 0. The molecule has 0 aromatic heterocycles. The highest BCUT2D eigenvalue weighted by Crippen LogP contribution is 2.18. The van der Waals surface area contributed by atoms with E-state index >= 15 is 0 Å².